The number of hydrogen-bond acceptors (Lipinski definition) is 3. The number of rotatable bonds is 5. The van der Waals surface area contributed by atoms with Gasteiger partial charge in [-0.3, -0.25) is 18.7 Å². The molecule has 0 saturated heterocycles. The van der Waals surface area contributed by atoms with Gasteiger partial charge in [-0.05, 0) is 37.1 Å². The normalized spacial score (nSPS) is 11.2. The van der Waals surface area contributed by atoms with Crippen molar-refractivity contribution in [2.24, 2.45) is 14.1 Å². The van der Waals surface area contributed by atoms with Gasteiger partial charge in [0.25, 0.3) is 11.5 Å². The molecule has 0 aliphatic heterocycles. The Morgan fingerprint density at radius 1 is 1.14 bits per heavy atom. The molecular weight excluding hydrogens is 363 g/mol. The molecule has 3 rings (SSSR count). The van der Waals surface area contributed by atoms with Crippen LogP contribution in [0.1, 0.15) is 35.8 Å². The third kappa shape index (κ3) is 3.26. The number of unbranched alkanes of at least 4 members (excludes halogenated alkanes) is 1. The van der Waals surface area contributed by atoms with E-state index in [2.05, 4.69) is 5.32 Å². The van der Waals surface area contributed by atoms with Crippen LogP contribution in [0.5, 0.6) is 0 Å². The highest BCUT2D eigenvalue weighted by molar-refractivity contribution is 6.06. The molecule has 28 heavy (non-hydrogen) atoms. The minimum atomic E-state index is -0.468. The van der Waals surface area contributed by atoms with Gasteiger partial charge in [0.1, 0.15) is 17.2 Å². The highest BCUT2D eigenvalue weighted by Gasteiger charge is 2.21. The predicted octanol–water partition coefficient (Wildman–Crippen LogP) is 2.54. The van der Waals surface area contributed by atoms with Crippen molar-refractivity contribution in [1.82, 2.24) is 13.7 Å². The fraction of sp³-hybridized carbons (Fsp3) is 0.350. The second kappa shape index (κ2) is 7.46. The first kappa shape index (κ1) is 19.6. The van der Waals surface area contributed by atoms with Gasteiger partial charge in [0.2, 0.25) is 0 Å². The van der Waals surface area contributed by atoms with E-state index < -0.39 is 23.0 Å². The van der Waals surface area contributed by atoms with E-state index >= 15 is 0 Å². The maximum atomic E-state index is 13.8. The molecule has 2 heterocycles. The van der Waals surface area contributed by atoms with Crippen LogP contribution in [0.2, 0.25) is 0 Å². The van der Waals surface area contributed by atoms with Crippen LogP contribution in [0, 0.1) is 12.7 Å². The zero-order valence-corrected chi connectivity index (χ0v) is 16.4. The summed E-state index contributed by atoms with van der Waals surface area (Å²) in [6.45, 7) is 4.13. The molecule has 0 bridgehead atoms. The first-order valence-electron chi connectivity index (χ1n) is 9.13. The number of carbonyl (C=O) groups excluding carboxylic acids is 1. The Kier molecular flexibility index (Phi) is 5.22. The maximum absolute atomic E-state index is 13.8. The fourth-order valence-corrected chi connectivity index (χ4v) is 3.24. The molecule has 1 amide bonds. The first-order valence-corrected chi connectivity index (χ1v) is 9.13. The summed E-state index contributed by atoms with van der Waals surface area (Å²) in [5, 5.41) is 2.97. The molecule has 0 saturated carbocycles. The van der Waals surface area contributed by atoms with E-state index in [9.17, 15) is 18.8 Å². The second-order valence-corrected chi connectivity index (χ2v) is 6.90. The number of halogens is 1. The van der Waals surface area contributed by atoms with Crippen LogP contribution in [0.25, 0.3) is 11.0 Å². The quantitative estimate of drug-likeness (QED) is 0.732. The largest absolute Gasteiger partial charge is 0.332 e. The lowest BCUT2D eigenvalue weighted by atomic mass is 10.2. The van der Waals surface area contributed by atoms with Gasteiger partial charge in [0.15, 0.2) is 0 Å². The summed E-state index contributed by atoms with van der Waals surface area (Å²) in [6.07, 6.45) is 1.65. The van der Waals surface area contributed by atoms with Crippen LogP contribution in [-0.4, -0.2) is 19.6 Å². The Labute approximate surface area is 161 Å². The lowest BCUT2D eigenvalue weighted by molar-refractivity contribution is 0.101. The molecule has 0 aliphatic carbocycles. The topological polar surface area (TPSA) is 78.0 Å². The molecule has 2 aromatic heterocycles. The van der Waals surface area contributed by atoms with E-state index in [1.54, 1.807) is 30.7 Å². The van der Waals surface area contributed by atoms with Crippen LogP contribution >= 0.6 is 0 Å². The molecule has 0 aliphatic rings. The van der Waals surface area contributed by atoms with Crippen LogP contribution in [0.3, 0.4) is 0 Å². The van der Waals surface area contributed by atoms with Crippen LogP contribution in [0.15, 0.2) is 33.9 Å². The first-order chi connectivity index (χ1) is 13.3. The van der Waals surface area contributed by atoms with Crippen molar-refractivity contribution in [3.05, 3.63) is 62.2 Å². The van der Waals surface area contributed by atoms with E-state index in [0.29, 0.717) is 28.8 Å². The van der Waals surface area contributed by atoms with Crippen molar-refractivity contribution in [3.63, 3.8) is 0 Å². The third-order valence-electron chi connectivity index (χ3n) is 4.89. The molecule has 0 radical (unpaired) electrons. The molecule has 0 fully saturated rings. The average molecular weight is 386 g/mol. The Morgan fingerprint density at radius 2 is 1.86 bits per heavy atom. The molecule has 0 atom stereocenters. The number of carbonyl (C=O) groups is 1. The van der Waals surface area contributed by atoms with Gasteiger partial charge in [-0.2, -0.15) is 0 Å². The number of benzene rings is 1. The summed E-state index contributed by atoms with van der Waals surface area (Å²) in [7, 11) is 2.98. The number of aryl methyl sites for hydroxylation is 3. The highest BCUT2D eigenvalue weighted by Crippen LogP contribution is 2.19. The van der Waals surface area contributed by atoms with Crippen LogP contribution in [-0.2, 0) is 20.6 Å². The molecule has 0 unspecified atom stereocenters. The van der Waals surface area contributed by atoms with E-state index in [-0.39, 0.29) is 5.69 Å². The van der Waals surface area contributed by atoms with Crippen molar-refractivity contribution >= 4 is 22.6 Å². The van der Waals surface area contributed by atoms with E-state index in [1.165, 1.54) is 23.7 Å². The van der Waals surface area contributed by atoms with Crippen molar-refractivity contribution in [2.75, 3.05) is 5.32 Å². The summed E-state index contributed by atoms with van der Waals surface area (Å²) in [5.74, 6) is -0.884. The van der Waals surface area contributed by atoms with Gasteiger partial charge >= 0.3 is 5.69 Å². The van der Waals surface area contributed by atoms with Crippen LogP contribution < -0.4 is 16.6 Å². The zero-order valence-electron chi connectivity index (χ0n) is 16.4. The van der Waals surface area contributed by atoms with Gasteiger partial charge < -0.3 is 9.88 Å². The van der Waals surface area contributed by atoms with Crippen molar-refractivity contribution in [2.45, 2.75) is 33.2 Å². The van der Waals surface area contributed by atoms with Crippen LogP contribution in [0.4, 0.5) is 10.1 Å². The molecule has 7 nitrogen and oxygen atoms in total. The summed E-state index contributed by atoms with van der Waals surface area (Å²) >= 11 is 0. The highest BCUT2D eigenvalue weighted by atomic mass is 19.1. The number of hydrogen-bond donors (Lipinski definition) is 1. The molecule has 1 aromatic carbocycles. The Hall–Kier alpha value is -3.16. The zero-order chi connectivity index (χ0) is 20.6. The Balaban J connectivity index is 2.16. The van der Waals surface area contributed by atoms with Crippen molar-refractivity contribution in [1.29, 1.82) is 0 Å². The molecule has 8 heteroatoms. The predicted molar refractivity (Wildman–Crippen MR) is 106 cm³/mol. The minimum Gasteiger partial charge on any atom is -0.322 e. The van der Waals surface area contributed by atoms with Crippen molar-refractivity contribution in [3.8, 4) is 0 Å². The number of amides is 1. The molecule has 0 spiro atoms. The molecule has 3 aromatic rings. The van der Waals surface area contributed by atoms with Gasteiger partial charge in [0, 0.05) is 26.3 Å². The fourth-order valence-electron chi connectivity index (χ4n) is 3.24. The Morgan fingerprint density at radius 3 is 2.50 bits per heavy atom. The van der Waals surface area contributed by atoms with E-state index in [1.807, 2.05) is 6.92 Å². The summed E-state index contributed by atoms with van der Waals surface area (Å²) in [4.78, 5) is 37.8. The number of nitrogens with zero attached hydrogens (tertiary/aromatic N) is 3. The monoisotopic (exact) mass is 386 g/mol. The average Bonchev–Trinajstić information content (AvgIpc) is 3.05. The number of nitrogens with one attached hydrogen (secondary N) is 1. The summed E-state index contributed by atoms with van der Waals surface area (Å²) < 4.78 is 17.9. The molecule has 1 N–H and O–H groups in total. The van der Waals surface area contributed by atoms with E-state index in [4.69, 9.17) is 0 Å². The summed E-state index contributed by atoms with van der Waals surface area (Å²) in [6, 6.07) is 5.94. The van der Waals surface area contributed by atoms with Gasteiger partial charge in [-0.15, -0.1) is 0 Å². The van der Waals surface area contributed by atoms with Gasteiger partial charge in [-0.25, -0.2) is 9.18 Å². The second-order valence-electron chi connectivity index (χ2n) is 6.90. The van der Waals surface area contributed by atoms with E-state index in [0.717, 1.165) is 17.4 Å². The van der Waals surface area contributed by atoms with Crippen molar-refractivity contribution < 1.29 is 9.18 Å². The smallest absolute Gasteiger partial charge is 0.322 e. The number of anilines is 1. The van der Waals surface area contributed by atoms with Gasteiger partial charge in [0.05, 0.1) is 5.39 Å². The number of aromatic nitrogens is 3. The lowest BCUT2D eigenvalue weighted by Gasteiger charge is -2.13. The minimum absolute atomic E-state index is 0.253. The SMILES string of the molecule is CCCCn1c(C(=O)Nc2ccc(C)c(F)c2)cc2c(=O)n(C)c(=O)n(C)c21. The number of fused-ring (bicyclic) bond motifs is 1. The molecular formula is C20H23FN4O3. The lowest BCUT2D eigenvalue weighted by Crippen LogP contribution is -2.37. The molecule has 148 valence electrons. The maximum Gasteiger partial charge on any atom is 0.332 e. The standard InChI is InChI=1S/C20H23FN4O3/c1-5-6-9-25-16(17(26)22-13-8-7-12(2)15(21)10-13)11-14-18(25)23(3)20(28)24(4)19(14)27/h7-8,10-11H,5-6,9H2,1-4H3,(H,22,26). The summed E-state index contributed by atoms with van der Waals surface area (Å²) in [5.41, 5.74) is 0.546. The third-order valence-corrected chi connectivity index (χ3v) is 4.89. The van der Waals surface area contributed by atoms with Gasteiger partial charge in [-0.1, -0.05) is 19.4 Å². The Bertz CT molecular complexity index is 1190.